The van der Waals surface area contributed by atoms with Crippen molar-refractivity contribution in [2.24, 2.45) is 0 Å². The first-order valence-corrected chi connectivity index (χ1v) is 10.7. The monoisotopic (exact) mass is 426 g/mol. The summed E-state index contributed by atoms with van der Waals surface area (Å²) < 4.78 is 46.1. The van der Waals surface area contributed by atoms with Crippen LogP contribution < -0.4 is 9.46 Å². The molecule has 150 valence electrons. The zero-order chi connectivity index (χ0) is 20.1. The number of carbonyl (C=O) groups excluding carboxylic acids is 1. The van der Waals surface area contributed by atoms with E-state index in [1.165, 1.54) is 17.0 Å². The van der Waals surface area contributed by atoms with Gasteiger partial charge in [0.15, 0.2) is 6.61 Å². The molecule has 0 radical (unpaired) electrons. The Bertz CT molecular complexity index is 940. The molecule has 1 fully saturated rings. The average molecular weight is 427 g/mol. The van der Waals surface area contributed by atoms with Crippen molar-refractivity contribution in [2.75, 3.05) is 19.7 Å². The Morgan fingerprint density at radius 3 is 2.71 bits per heavy atom. The number of hydrogen-bond acceptors (Lipinski definition) is 4. The molecule has 2 aromatic rings. The van der Waals surface area contributed by atoms with E-state index in [1.54, 1.807) is 0 Å². The van der Waals surface area contributed by atoms with E-state index in [0.717, 1.165) is 11.6 Å². The Hall–Kier alpha value is -2.16. The number of likely N-dealkylation sites (tertiary alicyclic amines) is 1. The zero-order valence-electron chi connectivity index (χ0n) is 15.0. The van der Waals surface area contributed by atoms with E-state index in [9.17, 15) is 17.6 Å². The van der Waals surface area contributed by atoms with E-state index < -0.39 is 21.1 Å². The molecule has 0 aliphatic carbocycles. The molecule has 1 aliphatic rings. The molecule has 1 heterocycles. The minimum atomic E-state index is -3.55. The summed E-state index contributed by atoms with van der Waals surface area (Å²) in [5.74, 6) is -0.634. The first-order chi connectivity index (χ1) is 13.3. The fraction of sp³-hybridized carbons (Fsp3) is 0.316. The number of amides is 1. The zero-order valence-corrected chi connectivity index (χ0v) is 16.5. The fourth-order valence-electron chi connectivity index (χ4n) is 2.91. The van der Waals surface area contributed by atoms with Gasteiger partial charge >= 0.3 is 0 Å². The maximum atomic E-state index is 13.1. The third kappa shape index (κ3) is 5.21. The Labute approximate surface area is 168 Å². The molecule has 0 saturated carbocycles. The number of nitrogens with zero attached hydrogens (tertiary/aromatic N) is 1. The van der Waals surface area contributed by atoms with E-state index in [1.807, 2.05) is 30.3 Å². The molecule has 28 heavy (non-hydrogen) atoms. The SMILES string of the molecule is O=C(COc1ccc(F)c(Cl)c1)N1CCC(S(=O)(=O)NCc2ccccc2)C1. The molecule has 1 aliphatic heterocycles. The summed E-state index contributed by atoms with van der Waals surface area (Å²) in [6.07, 6.45) is 0.359. The molecular formula is C19H20ClFN2O4S. The summed E-state index contributed by atoms with van der Waals surface area (Å²) in [5.41, 5.74) is 0.864. The topological polar surface area (TPSA) is 75.7 Å². The molecule has 1 saturated heterocycles. The molecule has 1 N–H and O–H groups in total. The van der Waals surface area contributed by atoms with Gasteiger partial charge in [0.05, 0.1) is 10.3 Å². The summed E-state index contributed by atoms with van der Waals surface area (Å²) >= 11 is 5.68. The predicted octanol–water partition coefficient (Wildman–Crippen LogP) is 2.58. The van der Waals surface area contributed by atoms with Gasteiger partial charge in [-0.1, -0.05) is 41.9 Å². The second-order valence-corrected chi connectivity index (χ2v) is 8.92. The number of ether oxygens (including phenoxy) is 1. The van der Waals surface area contributed by atoms with Crippen LogP contribution in [0.3, 0.4) is 0 Å². The molecule has 2 aromatic carbocycles. The lowest BCUT2D eigenvalue weighted by Crippen LogP contribution is -2.38. The lowest BCUT2D eigenvalue weighted by atomic mass is 10.2. The molecule has 6 nitrogen and oxygen atoms in total. The Balaban J connectivity index is 1.50. The van der Waals surface area contributed by atoms with Crippen molar-refractivity contribution >= 4 is 27.5 Å². The lowest BCUT2D eigenvalue weighted by Gasteiger charge is -2.17. The van der Waals surface area contributed by atoms with Crippen LogP contribution >= 0.6 is 11.6 Å². The van der Waals surface area contributed by atoms with E-state index in [0.29, 0.717) is 13.0 Å². The van der Waals surface area contributed by atoms with Crippen molar-refractivity contribution in [1.29, 1.82) is 0 Å². The molecular weight excluding hydrogens is 407 g/mol. The van der Waals surface area contributed by atoms with Crippen LogP contribution in [0.25, 0.3) is 0 Å². The van der Waals surface area contributed by atoms with Crippen LogP contribution in [0.4, 0.5) is 4.39 Å². The van der Waals surface area contributed by atoms with Gasteiger partial charge in [0.25, 0.3) is 5.91 Å². The number of carbonyl (C=O) groups is 1. The summed E-state index contributed by atoms with van der Waals surface area (Å²) in [5, 5.41) is -0.762. The number of sulfonamides is 1. The standard InChI is InChI=1S/C19H20ClFN2O4S/c20-17-10-15(6-7-18(17)21)27-13-19(24)23-9-8-16(12-23)28(25,26)22-11-14-4-2-1-3-5-14/h1-7,10,16,22H,8-9,11-13H2. The van der Waals surface area contributed by atoms with E-state index in [-0.39, 0.29) is 36.4 Å². The Morgan fingerprint density at radius 1 is 1.25 bits per heavy atom. The van der Waals surface area contributed by atoms with Crippen molar-refractivity contribution in [3.05, 3.63) is 64.9 Å². The van der Waals surface area contributed by atoms with Crippen molar-refractivity contribution < 1.29 is 22.3 Å². The number of nitrogens with one attached hydrogen (secondary N) is 1. The second kappa shape index (κ2) is 8.89. The highest BCUT2D eigenvalue weighted by atomic mass is 35.5. The second-order valence-electron chi connectivity index (χ2n) is 6.47. The molecule has 0 bridgehead atoms. The number of benzene rings is 2. The predicted molar refractivity (Wildman–Crippen MR) is 104 cm³/mol. The minimum Gasteiger partial charge on any atom is -0.484 e. The lowest BCUT2D eigenvalue weighted by molar-refractivity contribution is -0.132. The van der Waals surface area contributed by atoms with E-state index >= 15 is 0 Å². The number of hydrogen-bond donors (Lipinski definition) is 1. The summed E-state index contributed by atoms with van der Waals surface area (Å²) in [7, 11) is -3.55. The summed E-state index contributed by atoms with van der Waals surface area (Å²) in [4.78, 5) is 13.8. The quantitative estimate of drug-likeness (QED) is 0.738. The number of halogens is 2. The van der Waals surface area contributed by atoms with Gasteiger partial charge in [-0.15, -0.1) is 0 Å². The van der Waals surface area contributed by atoms with Crippen LogP contribution in [0.2, 0.25) is 5.02 Å². The number of rotatable bonds is 7. The largest absolute Gasteiger partial charge is 0.484 e. The minimum absolute atomic E-state index is 0.0956. The normalized spacial score (nSPS) is 16.9. The highest BCUT2D eigenvalue weighted by molar-refractivity contribution is 7.90. The van der Waals surface area contributed by atoms with Crippen LogP contribution in [0, 0.1) is 5.82 Å². The van der Waals surface area contributed by atoms with Crippen LogP contribution in [0.15, 0.2) is 48.5 Å². The Kier molecular flexibility index (Phi) is 6.53. The van der Waals surface area contributed by atoms with Gasteiger partial charge in [-0.05, 0) is 24.1 Å². The molecule has 3 rings (SSSR count). The molecule has 1 atom stereocenters. The molecule has 1 unspecified atom stereocenters. The van der Waals surface area contributed by atoms with Gasteiger partial charge < -0.3 is 9.64 Å². The third-order valence-corrected chi connectivity index (χ3v) is 6.61. The maximum absolute atomic E-state index is 13.1. The van der Waals surface area contributed by atoms with Crippen molar-refractivity contribution in [3.63, 3.8) is 0 Å². The summed E-state index contributed by atoms with van der Waals surface area (Å²) in [6, 6.07) is 13.0. The van der Waals surface area contributed by atoms with Gasteiger partial charge in [0, 0.05) is 25.7 Å². The fourth-order valence-corrected chi connectivity index (χ4v) is 4.47. The molecule has 0 aromatic heterocycles. The third-order valence-electron chi connectivity index (χ3n) is 4.51. The van der Waals surface area contributed by atoms with Crippen molar-refractivity contribution in [3.8, 4) is 5.75 Å². The first-order valence-electron chi connectivity index (χ1n) is 8.73. The van der Waals surface area contributed by atoms with Gasteiger partial charge in [-0.2, -0.15) is 0 Å². The highest BCUT2D eigenvalue weighted by Gasteiger charge is 2.35. The first kappa shape index (κ1) is 20.6. The van der Waals surface area contributed by atoms with Crippen LogP contribution in [-0.2, 0) is 21.4 Å². The molecule has 1 amide bonds. The van der Waals surface area contributed by atoms with E-state index in [4.69, 9.17) is 16.3 Å². The van der Waals surface area contributed by atoms with Crippen LogP contribution in [-0.4, -0.2) is 44.2 Å². The van der Waals surface area contributed by atoms with Crippen molar-refractivity contribution in [2.45, 2.75) is 18.2 Å². The average Bonchev–Trinajstić information content (AvgIpc) is 3.19. The van der Waals surface area contributed by atoms with Gasteiger partial charge in [0.1, 0.15) is 11.6 Å². The Morgan fingerprint density at radius 2 is 2.00 bits per heavy atom. The maximum Gasteiger partial charge on any atom is 0.260 e. The highest BCUT2D eigenvalue weighted by Crippen LogP contribution is 2.22. The summed E-state index contributed by atoms with van der Waals surface area (Å²) in [6.45, 7) is 0.383. The van der Waals surface area contributed by atoms with Crippen molar-refractivity contribution in [1.82, 2.24) is 9.62 Å². The molecule has 9 heteroatoms. The van der Waals surface area contributed by atoms with Crippen LogP contribution in [0.1, 0.15) is 12.0 Å². The molecule has 0 spiro atoms. The van der Waals surface area contributed by atoms with Gasteiger partial charge in [0.2, 0.25) is 10.0 Å². The van der Waals surface area contributed by atoms with Gasteiger partial charge in [-0.25, -0.2) is 17.5 Å². The smallest absolute Gasteiger partial charge is 0.260 e. The van der Waals surface area contributed by atoms with E-state index in [2.05, 4.69) is 4.72 Å². The van der Waals surface area contributed by atoms with Crippen LogP contribution in [0.5, 0.6) is 5.75 Å². The van der Waals surface area contributed by atoms with Gasteiger partial charge in [-0.3, -0.25) is 4.79 Å².